The fourth-order valence-corrected chi connectivity index (χ4v) is 3.13. The highest BCUT2D eigenvalue weighted by Crippen LogP contribution is 2.36. The third kappa shape index (κ3) is 3.39. The fraction of sp³-hybridized carbons (Fsp3) is 0.929. The van der Waals surface area contributed by atoms with Crippen molar-refractivity contribution in [2.75, 3.05) is 19.6 Å². The number of piperidine rings is 2. The van der Waals surface area contributed by atoms with Crippen LogP contribution in [0.15, 0.2) is 0 Å². The lowest BCUT2D eigenvalue weighted by atomic mass is 9.78. The summed E-state index contributed by atoms with van der Waals surface area (Å²) in [6.07, 6.45) is 2.58. The molecular weight excluding hydrogens is 244 g/mol. The third-order valence-corrected chi connectivity index (χ3v) is 4.02. The van der Waals surface area contributed by atoms with E-state index in [-0.39, 0.29) is 17.7 Å². The molecule has 1 amide bonds. The Labute approximate surface area is 115 Å². The van der Waals surface area contributed by atoms with Gasteiger partial charge in [-0.1, -0.05) is 0 Å². The number of hydrogen-bond donors (Lipinski definition) is 2. The zero-order valence-electron chi connectivity index (χ0n) is 12.2. The quantitative estimate of drug-likeness (QED) is 0.700. The van der Waals surface area contributed by atoms with Gasteiger partial charge in [0.15, 0.2) is 0 Å². The van der Waals surface area contributed by atoms with Crippen LogP contribution in [0.5, 0.6) is 0 Å². The van der Waals surface area contributed by atoms with E-state index in [1.54, 1.807) is 0 Å². The lowest BCUT2D eigenvalue weighted by molar-refractivity contribution is -0.0530. The van der Waals surface area contributed by atoms with Gasteiger partial charge in [0.2, 0.25) is 0 Å². The Balaban J connectivity index is 2.13. The topological polar surface area (TPSA) is 61.8 Å². The summed E-state index contributed by atoms with van der Waals surface area (Å²) < 4.78 is 5.52. The summed E-state index contributed by atoms with van der Waals surface area (Å²) in [5, 5.41) is 13.3. The number of rotatable bonds is 0. The molecule has 0 aromatic rings. The van der Waals surface area contributed by atoms with E-state index in [1.807, 2.05) is 25.7 Å². The number of nitrogens with zero attached hydrogens (tertiary/aromatic N) is 1. The number of hydrogen-bond acceptors (Lipinski definition) is 4. The van der Waals surface area contributed by atoms with Crippen LogP contribution in [0, 0.1) is 0 Å². The largest absolute Gasteiger partial charge is 0.444 e. The number of likely N-dealkylation sites (tertiary alicyclic amines) is 1. The molecule has 0 bridgehead atoms. The van der Waals surface area contributed by atoms with Gasteiger partial charge in [0.05, 0.1) is 11.6 Å². The molecule has 5 nitrogen and oxygen atoms in total. The molecule has 2 heterocycles. The Bertz CT molecular complexity index is 332. The van der Waals surface area contributed by atoms with Crippen molar-refractivity contribution in [1.82, 2.24) is 10.2 Å². The van der Waals surface area contributed by atoms with Crippen molar-refractivity contribution in [3.63, 3.8) is 0 Å². The highest BCUT2D eigenvalue weighted by Gasteiger charge is 2.46. The Morgan fingerprint density at radius 1 is 1.37 bits per heavy atom. The minimum Gasteiger partial charge on any atom is -0.444 e. The monoisotopic (exact) mass is 270 g/mol. The average Bonchev–Trinajstić information content (AvgIpc) is 2.27. The highest BCUT2D eigenvalue weighted by molar-refractivity contribution is 5.69. The van der Waals surface area contributed by atoms with Crippen molar-refractivity contribution >= 4 is 6.09 Å². The van der Waals surface area contributed by atoms with E-state index in [0.717, 1.165) is 25.9 Å². The number of aliphatic hydroxyl groups excluding tert-OH is 1. The minimum absolute atomic E-state index is 0.217. The summed E-state index contributed by atoms with van der Waals surface area (Å²) in [5.41, 5.74) is -0.688. The number of amides is 1. The van der Waals surface area contributed by atoms with Gasteiger partial charge < -0.3 is 20.1 Å². The molecule has 0 aliphatic carbocycles. The number of carbonyl (C=O) groups excluding carboxylic acids is 1. The molecule has 2 saturated heterocycles. The Hall–Kier alpha value is -0.810. The fourth-order valence-electron chi connectivity index (χ4n) is 3.13. The predicted molar refractivity (Wildman–Crippen MR) is 73.0 cm³/mol. The van der Waals surface area contributed by atoms with Crippen LogP contribution in [0.4, 0.5) is 4.79 Å². The Morgan fingerprint density at radius 2 is 2.00 bits per heavy atom. The third-order valence-electron chi connectivity index (χ3n) is 4.02. The van der Waals surface area contributed by atoms with Gasteiger partial charge in [0.1, 0.15) is 5.60 Å². The first-order valence-corrected chi connectivity index (χ1v) is 7.22. The molecule has 2 rings (SSSR count). The van der Waals surface area contributed by atoms with Gasteiger partial charge >= 0.3 is 6.09 Å². The molecule has 0 saturated carbocycles. The van der Waals surface area contributed by atoms with Crippen molar-refractivity contribution in [3.05, 3.63) is 0 Å². The maximum Gasteiger partial charge on any atom is 0.410 e. The van der Waals surface area contributed by atoms with Crippen molar-refractivity contribution in [1.29, 1.82) is 0 Å². The summed E-state index contributed by atoms with van der Waals surface area (Å²) in [5.74, 6) is 0. The summed E-state index contributed by atoms with van der Waals surface area (Å²) in [6, 6.07) is 0. The predicted octanol–water partition coefficient (Wildman–Crippen LogP) is 1.50. The molecule has 0 aromatic carbocycles. The van der Waals surface area contributed by atoms with Gasteiger partial charge in [-0.3, -0.25) is 0 Å². The molecule has 1 unspecified atom stereocenters. The van der Waals surface area contributed by atoms with E-state index in [4.69, 9.17) is 4.74 Å². The van der Waals surface area contributed by atoms with Crippen LogP contribution in [0.2, 0.25) is 0 Å². The van der Waals surface area contributed by atoms with Gasteiger partial charge in [-0.2, -0.15) is 0 Å². The van der Waals surface area contributed by atoms with Gasteiger partial charge in [-0.15, -0.1) is 0 Å². The first-order chi connectivity index (χ1) is 8.82. The molecular formula is C14H26N2O3. The van der Waals surface area contributed by atoms with Crippen LogP contribution in [0.25, 0.3) is 0 Å². The number of ether oxygens (including phenoxy) is 1. The average molecular weight is 270 g/mol. The molecule has 2 aliphatic rings. The van der Waals surface area contributed by atoms with Crippen LogP contribution in [0.1, 0.15) is 46.5 Å². The smallest absolute Gasteiger partial charge is 0.410 e. The van der Waals surface area contributed by atoms with E-state index >= 15 is 0 Å². The molecule has 0 aromatic heterocycles. The highest BCUT2D eigenvalue weighted by atomic mass is 16.6. The molecule has 2 aliphatic heterocycles. The minimum atomic E-state index is -0.471. The van der Waals surface area contributed by atoms with E-state index < -0.39 is 5.60 Å². The molecule has 2 fully saturated rings. The van der Waals surface area contributed by atoms with Gasteiger partial charge in [-0.25, -0.2) is 4.79 Å². The number of nitrogens with one attached hydrogen (secondary N) is 1. The van der Waals surface area contributed by atoms with E-state index in [1.165, 1.54) is 0 Å². The zero-order valence-corrected chi connectivity index (χ0v) is 12.2. The first kappa shape index (κ1) is 14.6. The number of carbonyl (C=O) groups is 1. The van der Waals surface area contributed by atoms with Crippen LogP contribution in [-0.2, 0) is 4.74 Å². The number of aliphatic hydroxyl groups is 1. The van der Waals surface area contributed by atoms with Crippen LogP contribution in [-0.4, -0.2) is 53.0 Å². The van der Waals surface area contributed by atoms with Gasteiger partial charge in [0, 0.05) is 6.54 Å². The van der Waals surface area contributed by atoms with Gasteiger partial charge in [-0.05, 0) is 59.5 Å². The molecule has 5 heteroatoms. The van der Waals surface area contributed by atoms with Crippen molar-refractivity contribution in [3.8, 4) is 0 Å². The first-order valence-electron chi connectivity index (χ1n) is 7.22. The SMILES string of the molecule is CC(C)(C)OC(=O)N1CCC(O)CC12CCNCC2. The van der Waals surface area contributed by atoms with Gasteiger partial charge in [0.25, 0.3) is 0 Å². The van der Waals surface area contributed by atoms with E-state index in [0.29, 0.717) is 19.4 Å². The molecule has 1 atom stereocenters. The van der Waals surface area contributed by atoms with Crippen molar-refractivity contribution in [2.45, 2.75) is 63.7 Å². The Morgan fingerprint density at radius 3 is 2.58 bits per heavy atom. The normalized spacial score (nSPS) is 27.4. The second kappa shape index (κ2) is 5.29. The van der Waals surface area contributed by atoms with Crippen LogP contribution < -0.4 is 5.32 Å². The molecule has 2 N–H and O–H groups in total. The lowest BCUT2D eigenvalue weighted by Gasteiger charge is -2.50. The maximum atomic E-state index is 12.4. The second-order valence-corrected chi connectivity index (χ2v) is 6.75. The molecule has 0 radical (unpaired) electrons. The summed E-state index contributed by atoms with van der Waals surface area (Å²) in [6.45, 7) is 8.05. The zero-order chi connectivity index (χ0) is 14.1. The summed E-state index contributed by atoms with van der Waals surface area (Å²) in [4.78, 5) is 14.3. The van der Waals surface area contributed by atoms with Crippen LogP contribution in [0.3, 0.4) is 0 Å². The van der Waals surface area contributed by atoms with E-state index in [9.17, 15) is 9.90 Å². The van der Waals surface area contributed by atoms with Crippen LogP contribution >= 0.6 is 0 Å². The van der Waals surface area contributed by atoms with Crippen molar-refractivity contribution < 1.29 is 14.6 Å². The standard InChI is InChI=1S/C14H26N2O3/c1-13(2,3)19-12(18)16-9-4-11(17)10-14(16)5-7-15-8-6-14/h11,15,17H,4-10H2,1-3H3. The summed E-state index contributed by atoms with van der Waals surface area (Å²) in [7, 11) is 0. The van der Waals surface area contributed by atoms with Crippen molar-refractivity contribution in [2.24, 2.45) is 0 Å². The molecule has 19 heavy (non-hydrogen) atoms. The Kier molecular flexibility index (Phi) is 4.06. The van der Waals surface area contributed by atoms with E-state index in [2.05, 4.69) is 5.32 Å². The summed E-state index contributed by atoms with van der Waals surface area (Å²) >= 11 is 0. The maximum absolute atomic E-state index is 12.4. The second-order valence-electron chi connectivity index (χ2n) is 6.75. The molecule has 110 valence electrons. The lowest BCUT2D eigenvalue weighted by Crippen LogP contribution is -2.61. The molecule has 1 spiro atoms.